The quantitative estimate of drug-likeness (QED) is 0.689. The van der Waals surface area contributed by atoms with Crippen LogP contribution < -0.4 is 16.0 Å². The Morgan fingerprint density at radius 3 is 2.50 bits per heavy atom. The number of carbonyl (C=O) groups excluding carboxylic acids is 4. The van der Waals surface area contributed by atoms with E-state index >= 15 is 0 Å². The zero-order valence-electron chi connectivity index (χ0n) is 14.4. The number of hydrogen-bond acceptors (Lipinski definition) is 4. The van der Waals surface area contributed by atoms with Crippen molar-refractivity contribution < 1.29 is 19.2 Å². The number of hydrogen-bond donors (Lipinski definition) is 3. The standard InChI is InChI=1S/C18H22N4O4/c23-14(20-16(25)19-12-13-6-2-1-3-7-13)8-11-22-15(24)18(21-17(22)26)9-4-5-10-18/h1-3,6-7H,4-5,8-12H2,(H,21,26)(H2,19,20,23,25). The number of amides is 6. The molecule has 1 aromatic rings. The Hall–Kier alpha value is -2.90. The number of nitrogens with zero attached hydrogens (tertiary/aromatic N) is 1. The topological polar surface area (TPSA) is 108 Å². The van der Waals surface area contributed by atoms with E-state index in [1.54, 1.807) is 0 Å². The molecule has 6 amide bonds. The summed E-state index contributed by atoms with van der Waals surface area (Å²) >= 11 is 0. The van der Waals surface area contributed by atoms with Crippen LogP contribution in [-0.2, 0) is 16.1 Å². The van der Waals surface area contributed by atoms with E-state index in [1.165, 1.54) is 0 Å². The highest BCUT2D eigenvalue weighted by molar-refractivity contribution is 6.07. The smallest absolute Gasteiger partial charge is 0.325 e. The molecule has 26 heavy (non-hydrogen) atoms. The molecule has 1 heterocycles. The summed E-state index contributed by atoms with van der Waals surface area (Å²) in [4.78, 5) is 49.2. The van der Waals surface area contributed by atoms with Gasteiger partial charge in [-0.3, -0.25) is 19.8 Å². The molecule has 1 aliphatic carbocycles. The Morgan fingerprint density at radius 2 is 1.81 bits per heavy atom. The predicted molar refractivity (Wildman–Crippen MR) is 92.9 cm³/mol. The van der Waals surface area contributed by atoms with Crippen LogP contribution in [0.1, 0.15) is 37.7 Å². The summed E-state index contributed by atoms with van der Waals surface area (Å²) in [5.41, 5.74) is 0.136. The highest BCUT2D eigenvalue weighted by Gasteiger charge is 2.52. The Kier molecular flexibility index (Phi) is 5.20. The maximum absolute atomic E-state index is 12.5. The second-order valence-corrected chi connectivity index (χ2v) is 6.64. The van der Waals surface area contributed by atoms with E-state index in [9.17, 15) is 19.2 Å². The number of benzene rings is 1. The summed E-state index contributed by atoms with van der Waals surface area (Å²) in [5.74, 6) is -0.801. The maximum atomic E-state index is 12.5. The molecule has 0 bridgehead atoms. The minimum atomic E-state index is -0.777. The fourth-order valence-electron chi connectivity index (χ4n) is 3.42. The number of imide groups is 2. The van der Waals surface area contributed by atoms with E-state index < -0.39 is 23.5 Å². The van der Waals surface area contributed by atoms with Gasteiger partial charge in [0.1, 0.15) is 5.54 Å². The molecule has 1 spiro atoms. The zero-order valence-corrected chi connectivity index (χ0v) is 14.4. The lowest BCUT2D eigenvalue weighted by Crippen LogP contribution is -2.44. The van der Waals surface area contributed by atoms with Crippen molar-refractivity contribution in [2.24, 2.45) is 0 Å². The van der Waals surface area contributed by atoms with Crippen LogP contribution in [0, 0.1) is 0 Å². The first-order valence-corrected chi connectivity index (χ1v) is 8.76. The first-order chi connectivity index (χ1) is 12.5. The highest BCUT2D eigenvalue weighted by atomic mass is 16.2. The van der Waals surface area contributed by atoms with E-state index in [0.29, 0.717) is 19.4 Å². The van der Waals surface area contributed by atoms with Crippen LogP contribution in [0.15, 0.2) is 30.3 Å². The maximum Gasteiger partial charge on any atom is 0.325 e. The van der Waals surface area contributed by atoms with Crippen molar-refractivity contribution in [1.82, 2.24) is 20.9 Å². The van der Waals surface area contributed by atoms with Crippen molar-refractivity contribution in [3.8, 4) is 0 Å². The van der Waals surface area contributed by atoms with Crippen molar-refractivity contribution in [2.45, 2.75) is 44.2 Å². The Labute approximate surface area is 151 Å². The second-order valence-electron chi connectivity index (χ2n) is 6.64. The van der Waals surface area contributed by atoms with Crippen LogP contribution in [0.4, 0.5) is 9.59 Å². The third kappa shape index (κ3) is 3.84. The number of nitrogens with one attached hydrogen (secondary N) is 3. The molecule has 1 aliphatic heterocycles. The molecule has 0 radical (unpaired) electrons. The average molecular weight is 358 g/mol. The van der Waals surface area contributed by atoms with E-state index in [2.05, 4.69) is 16.0 Å². The normalized spacial score (nSPS) is 18.1. The van der Waals surface area contributed by atoms with Crippen LogP contribution in [0.2, 0.25) is 0 Å². The molecule has 8 heteroatoms. The van der Waals surface area contributed by atoms with Gasteiger partial charge >= 0.3 is 12.1 Å². The summed E-state index contributed by atoms with van der Waals surface area (Å²) in [6, 6.07) is 8.24. The average Bonchev–Trinajstić information content (AvgIpc) is 3.18. The lowest BCUT2D eigenvalue weighted by molar-refractivity contribution is -0.131. The minimum Gasteiger partial charge on any atom is -0.334 e. The fourth-order valence-corrected chi connectivity index (χ4v) is 3.42. The van der Waals surface area contributed by atoms with Gasteiger partial charge in [0.05, 0.1) is 0 Å². The van der Waals surface area contributed by atoms with Gasteiger partial charge in [0.2, 0.25) is 5.91 Å². The molecule has 2 fully saturated rings. The third-order valence-electron chi connectivity index (χ3n) is 4.81. The lowest BCUT2D eigenvalue weighted by Gasteiger charge is -2.19. The van der Waals surface area contributed by atoms with Gasteiger partial charge in [0.25, 0.3) is 5.91 Å². The molecule has 8 nitrogen and oxygen atoms in total. The summed E-state index contributed by atoms with van der Waals surface area (Å²) in [6.45, 7) is 0.264. The number of urea groups is 2. The van der Waals surface area contributed by atoms with Crippen LogP contribution in [-0.4, -0.2) is 40.9 Å². The summed E-state index contributed by atoms with van der Waals surface area (Å²) in [6.07, 6.45) is 2.97. The second kappa shape index (κ2) is 7.55. The predicted octanol–water partition coefficient (Wildman–Crippen LogP) is 1.27. The molecule has 138 valence electrons. The molecule has 0 aromatic heterocycles. The Morgan fingerprint density at radius 1 is 1.12 bits per heavy atom. The Balaban J connectivity index is 1.43. The van der Waals surface area contributed by atoms with Gasteiger partial charge in [0.15, 0.2) is 0 Å². The summed E-state index contributed by atoms with van der Waals surface area (Å²) in [7, 11) is 0. The molecule has 3 N–H and O–H groups in total. The van der Waals surface area contributed by atoms with Crippen molar-refractivity contribution in [3.05, 3.63) is 35.9 Å². The highest BCUT2D eigenvalue weighted by Crippen LogP contribution is 2.34. The monoisotopic (exact) mass is 358 g/mol. The van der Waals surface area contributed by atoms with Crippen LogP contribution >= 0.6 is 0 Å². The molecule has 1 aromatic carbocycles. The third-order valence-corrected chi connectivity index (χ3v) is 4.81. The van der Waals surface area contributed by atoms with Gasteiger partial charge < -0.3 is 10.6 Å². The van der Waals surface area contributed by atoms with E-state index in [-0.39, 0.29) is 18.9 Å². The van der Waals surface area contributed by atoms with Crippen molar-refractivity contribution in [1.29, 1.82) is 0 Å². The summed E-state index contributed by atoms with van der Waals surface area (Å²) in [5, 5.41) is 7.55. The van der Waals surface area contributed by atoms with Gasteiger partial charge in [-0.25, -0.2) is 9.59 Å². The van der Waals surface area contributed by atoms with Crippen LogP contribution in [0.25, 0.3) is 0 Å². The van der Waals surface area contributed by atoms with Gasteiger partial charge in [-0.1, -0.05) is 43.2 Å². The van der Waals surface area contributed by atoms with Gasteiger partial charge in [-0.15, -0.1) is 0 Å². The minimum absolute atomic E-state index is 0.0375. The van der Waals surface area contributed by atoms with Gasteiger partial charge in [0, 0.05) is 19.5 Å². The molecule has 1 saturated carbocycles. The zero-order chi connectivity index (χ0) is 18.6. The van der Waals surface area contributed by atoms with E-state index in [0.717, 1.165) is 23.3 Å². The first kappa shape index (κ1) is 17.9. The number of rotatable bonds is 5. The van der Waals surface area contributed by atoms with E-state index in [4.69, 9.17) is 0 Å². The first-order valence-electron chi connectivity index (χ1n) is 8.76. The van der Waals surface area contributed by atoms with Gasteiger partial charge in [-0.05, 0) is 18.4 Å². The molecule has 2 aliphatic rings. The molecule has 0 atom stereocenters. The van der Waals surface area contributed by atoms with Crippen LogP contribution in [0.5, 0.6) is 0 Å². The van der Waals surface area contributed by atoms with E-state index in [1.807, 2.05) is 30.3 Å². The van der Waals surface area contributed by atoms with Crippen molar-refractivity contribution >= 4 is 23.9 Å². The Bertz CT molecular complexity index is 713. The lowest BCUT2D eigenvalue weighted by atomic mass is 9.98. The van der Waals surface area contributed by atoms with Gasteiger partial charge in [-0.2, -0.15) is 0 Å². The SMILES string of the molecule is O=C(CCN1C(=O)NC2(CCCC2)C1=O)NC(=O)NCc1ccccc1. The molecule has 0 unspecified atom stereocenters. The molecule has 1 saturated heterocycles. The summed E-state index contributed by atoms with van der Waals surface area (Å²) < 4.78 is 0. The fraction of sp³-hybridized carbons (Fsp3) is 0.444. The largest absolute Gasteiger partial charge is 0.334 e. The molecular weight excluding hydrogens is 336 g/mol. The van der Waals surface area contributed by atoms with Crippen molar-refractivity contribution in [3.63, 3.8) is 0 Å². The number of carbonyl (C=O) groups is 4. The molecule has 3 rings (SSSR count). The van der Waals surface area contributed by atoms with Crippen LogP contribution in [0.3, 0.4) is 0 Å². The molecular formula is C18H22N4O4. The van der Waals surface area contributed by atoms with Crippen molar-refractivity contribution in [2.75, 3.05) is 6.54 Å².